The van der Waals surface area contributed by atoms with Gasteiger partial charge in [0.15, 0.2) is 5.82 Å². The monoisotopic (exact) mass is 759 g/mol. The van der Waals surface area contributed by atoms with Gasteiger partial charge in [-0.05, 0) is 93.2 Å². The van der Waals surface area contributed by atoms with E-state index in [0.29, 0.717) is 59.7 Å². The zero-order valence-corrected chi connectivity index (χ0v) is 33.3. The Kier molecular flexibility index (Phi) is 13.2. The van der Waals surface area contributed by atoms with E-state index in [4.69, 9.17) is 9.72 Å². The zero-order chi connectivity index (χ0) is 39.2. The Balaban J connectivity index is 1.02. The summed E-state index contributed by atoms with van der Waals surface area (Å²) >= 11 is 0. The number of likely N-dealkylation sites (N-methyl/N-ethyl adjacent to an activating group) is 1. The number of hydrogen-bond acceptors (Lipinski definition) is 9. The summed E-state index contributed by atoms with van der Waals surface area (Å²) in [5.74, 6) is 1.21. The van der Waals surface area contributed by atoms with Gasteiger partial charge in [0.05, 0.1) is 19.0 Å². The Hall–Kier alpha value is -4.42. The number of methoxy groups -OCH3 is 1. The second-order valence-electron chi connectivity index (χ2n) is 16.6. The first-order valence-corrected chi connectivity index (χ1v) is 20.7. The molecular formula is C42H61N7O6. The second kappa shape index (κ2) is 18.0. The van der Waals surface area contributed by atoms with Crippen LogP contribution in [0.4, 0.5) is 23.1 Å². The van der Waals surface area contributed by atoms with Gasteiger partial charge in [-0.1, -0.05) is 59.3 Å². The quantitative estimate of drug-likeness (QED) is 0.151. The number of nitrogens with zero attached hydrogens (tertiary/aromatic N) is 4. The van der Waals surface area contributed by atoms with Gasteiger partial charge in [0, 0.05) is 31.1 Å². The van der Waals surface area contributed by atoms with Crippen LogP contribution in [0.15, 0.2) is 24.4 Å². The molecule has 1 aromatic heterocycles. The highest BCUT2D eigenvalue weighted by Gasteiger charge is 2.42. The van der Waals surface area contributed by atoms with Crippen LogP contribution in [0.25, 0.3) is 0 Å². The van der Waals surface area contributed by atoms with Crippen molar-refractivity contribution in [2.75, 3.05) is 29.3 Å². The van der Waals surface area contributed by atoms with Crippen LogP contribution in [0.3, 0.4) is 0 Å². The number of rotatable bonds is 15. The summed E-state index contributed by atoms with van der Waals surface area (Å²) in [4.78, 5) is 65.2. The lowest BCUT2D eigenvalue weighted by Gasteiger charge is -2.43. The first-order chi connectivity index (χ1) is 26.5. The van der Waals surface area contributed by atoms with Gasteiger partial charge in [-0.15, -0.1) is 0 Å². The van der Waals surface area contributed by atoms with Crippen LogP contribution < -0.4 is 30.5 Å². The average molecular weight is 760 g/mol. The van der Waals surface area contributed by atoms with E-state index in [1.165, 1.54) is 0 Å². The zero-order valence-electron chi connectivity index (χ0n) is 33.3. The highest BCUT2D eigenvalue weighted by Crippen LogP contribution is 2.41. The molecule has 13 nitrogen and oxygen atoms in total. The first kappa shape index (κ1) is 40.2. The van der Waals surface area contributed by atoms with Crippen LogP contribution >= 0.6 is 0 Å². The number of amides is 3. The van der Waals surface area contributed by atoms with Gasteiger partial charge < -0.3 is 35.6 Å². The van der Waals surface area contributed by atoms with Crippen LogP contribution in [-0.2, 0) is 14.4 Å². The number of hydrogen-bond donors (Lipinski definition) is 4. The lowest BCUT2D eigenvalue weighted by Crippen LogP contribution is -2.55. The number of carboxylic acids is 1. The SMILES string of the molecule is CC[C@@H]1C(=O)N(C)c2cnc(Nc3ccc(C(=O)NC4CCC(CCC(=O)N[C@H](C(=O)O)C(C(C)C)C5CCCC5)CC4)cc3OC)nc2N1C1CCCC1. The minimum atomic E-state index is -0.939. The van der Waals surface area contributed by atoms with Crippen molar-refractivity contribution in [3.05, 3.63) is 30.0 Å². The molecule has 0 radical (unpaired) electrons. The van der Waals surface area contributed by atoms with Crippen molar-refractivity contribution in [3.63, 3.8) is 0 Å². The fourth-order valence-corrected chi connectivity index (χ4v) is 9.81. The smallest absolute Gasteiger partial charge is 0.326 e. The second-order valence-corrected chi connectivity index (χ2v) is 16.6. The number of benzene rings is 1. The summed E-state index contributed by atoms with van der Waals surface area (Å²) in [6.45, 7) is 6.17. The van der Waals surface area contributed by atoms with Gasteiger partial charge in [-0.3, -0.25) is 14.4 Å². The summed E-state index contributed by atoms with van der Waals surface area (Å²) in [5, 5.41) is 19.4. The third kappa shape index (κ3) is 9.18. The molecule has 0 saturated heterocycles. The molecule has 3 fully saturated rings. The molecule has 1 unspecified atom stereocenters. The number of fused-ring (bicyclic) bond motifs is 1. The molecule has 1 aromatic carbocycles. The van der Waals surface area contributed by atoms with Crippen LogP contribution in [-0.4, -0.2) is 77.1 Å². The van der Waals surface area contributed by atoms with E-state index in [2.05, 4.69) is 39.7 Å². The first-order valence-electron chi connectivity index (χ1n) is 20.7. The Morgan fingerprint density at radius 3 is 2.33 bits per heavy atom. The summed E-state index contributed by atoms with van der Waals surface area (Å²) in [6, 6.07) is 4.45. The van der Waals surface area contributed by atoms with Gasteiger partial charge in [0.1, 0.15) is 23.5 Å². The number of anilines is 4. The van der Waals surface area contributed by atoms with E-state index >= 15 is 0 Å². The van der Waals surface area contributed by atoms with Gasteiger partial charge in [0.25, 0.3) is 5.91 Å². The van der Waals surface area contributed by atoms with Crippen molar-refractivity contribution in [2.24, 2.45) is 23.7 Å². The standard InChI is InChI=1S/C42H61N7O6/c1-6-32-40(52)48(4)33-24-43-42(47-38(33)49(32)30-13-9-10-14-30)45-31-21-18-28(23-34(31)55-5)39(51)44-29-19-15-26(16-20-29)17-22-35(50)46-37(41(53)54)36(25(2)3)27-11-7-8-12-27/h18,21,23-27,29-30,32,36-37H,6-17,19-20,22H2,1-5H3,(H,44,51)(H,46,50)(H,53,54)(H,43,45,47)/t26?,29?,32-,36?,37+/m1/s1. The summed E-state index contributed by atoms with van der Waals surface area (Å²) in [5.41, 5.74) is 1.80. The lowest BCUT2D eigenvalue weighted by atomic mass is 9.77. The Bertz CT molecular complexity index is 1680. The van der Waals surface area contributed by atoms with Gasteiger partial charge in [0.2, 0.25) is 17.8 Å². The highest BCUT2D eigenvalue weighted by atomic mass is 16.5. The van der Waals surface area contributed by atoms with Gasteiger partial charge in [-0.2, -0.15) is 4.98 Å². The molecule has 0 bridgehead atoms. The molecular weight excluding hydrogens is 699 g/mol. The predicted molar refractivity (Wildman–Crippen MR) is 213 cm³/mol. The van der Waals surface area contributed by atoms with Crippen LogP contribution in [0.5, 0.6) is 5.75 Å². The molecule has 0 spiro atoms. The maximum atomic E-state index is 13.4. The third-order valence-electron chi connectivity index (χ3n) is 12.8. The predicted octanol–water partition coefficient (Wildman–Crippen LogP) is 6.83. The molecule has 3 saturated carbocycles. The Morgan fingerprint density at radius 2 is 1.69 bits per heavy atom. The van der Waals surface area contributed by atoms with Crippen molar-refractivity contribution < 1.29 is 29.0 Å². The number of carbonyl (C=O) groups excluding carboxylic acids is 3. The molecule has 3 aliphatic carbocycles. The summed E-state index contributed by atoms with van der Waals surface area (Å²) < 4.78 is 5.70. The van der Waals surface area contributed by atoms with E-state index in [1.807, 2.05) is 6.92 Å². The Labute approximate surface area is 325 Å². The van der Waals surface area contributed by atoms with E-state index < -0.39 is 12.0 Å². The van der Waals surface area contributed by atoms with Crippen molar-refractivity contribution in [3.8, 4) is 5.75 Å². The third-order valence-corrected chi connectivity index (χ3v) is 12.8. The topological polar surface area (TPSA) is 166 Å². The van der Waals surface area contributed by atoms with Gasteiger partial charge in [-0.25, -0.2) is 9.78 Å². The molecule has 2 heterocycles. The number of aliphatic carboxylic acids is 1. The molecule has 4 aliphatic rings. The Morgan fingerprint density at radius 1 is 1.00 bits per heavy atom. The summed E-state index contributed by atoms with van der Waals surface area (Å²) in [7, 11) is 3.34. The fraction of sp³-hybridized carbons (Fsp3) is 0.667. The number of aromatic nitrogens is 2. The van der Waals surface area contributed by atoms with Gasteiger partial charge >= 0.3 is 5.97 Å². The largest absolute Gasteiger partial charge is 0.495 e. The van der Waals surface area contributed by atoms with Crippen molar-refractivity contribution >= 4 is 46.8 Å². The van der Waals surface area contributed by atoms with Crippen molar-refractivity contribution in [1.29, 1.82) is 0 Å². The van der Waals surface area contributed by atoms with Crippen molar-refractivity contribution in [1.82, 2.24) is 20.6 Å². The molecule has 300 valence electrons. The molecule has 3 amide bonds. The van der Waals surface area contributed by atoms with E-state index in [1.54, 1.807) is 43.5 Å². The molecule has 3 atom stereocenters. The number of nitrogens with one attached hydrogen (secondary N) is 3. The van der Waals surface area contributed by atoms with Crippen LogP contribution in [0.2, 0.25) is 0 Å². The average Bonchev–Trinajstić information content (AvgIpc) is 3.91. The van der Waals surface area contributed by atoms with Crippen LogP contribution in [0.1, 0.15) is 127 Å². The molecule has 4 N–H and O–H groups in total. The van der Waals surface area contributed by atoms with E-state index in [-0.39, 0.29) is 47.7 Å². The molecule has 55 heavy (non-hydrogen) atoms. The van der Waals surface area contributed by atoms with Crippen molar-refractivity contribution in [2.45, 2.75) is 141 Å². The molecule has 6 rings (SSSR count). The molecule has 1 aliphatic heterocycles. The number of carbonyl (C=O) groups is 4. The molecule has 13 heteroatoms. The summed E-state index contributed by atoms with van der Waals surface area (Å²) in [6.07, 6.45) is 15.5. The molecule has 2 aromatic rings. The minimum absolute atomic E-state index is 0.0274. The maximum Gasteiger partial charge on any atom is 0.326 e. The highest BCUT2D eigenvalue weighted by molar-refractivity contribution is 6.04. The lowest BCUT2D eigenvalue weighted by molar-refractivity contribution is -0.145. The number of ether oxygens (including phenoxy) is 1. The normalized spacial score (nSPS) is 23.0. The fourth-order valence-electron chi connectivity index (χ4n) is 9.81. The minimum Gasteiger partial charge on any atom is -0.495 e. The van der Waals surface area contributed by atoms with Crippen LogP contribution in [0, 0.1) is 23.7 Å². The van der Waals surface area contributed by atoms with E-state index in [9.17, 15) is 24.3 Å². The van der Waals surface area contributed by atoms with E-state index in [0.717, 1.165) is 82.9 Å². The number of carboxylic acid groups (broad SMARTS) is 1. The maximum absolute atomic E-state index is 13.4.